The summed E-state index contributed by atoms with van der Waals surface area (Å²) >= 11 is 6.60. The number of hydrogen-bond donors (Lipinski definition) is 1. The van der Waals surface area contributed by atoms with E-state index in [0.717, 1.165) is 12.1 Å². The van der Waals surface area contributed by atoms with Crippen LogP contribution < -0.4 is 5.32 Å². The van der Waals surface area contributed by atoms with Gasteiger partial charge in [-0.15, -0.1) is 0 Å². The van der Waals surface area contributed by atoms with Crippen LogP contribution in [0.5, 0.6) is 0 Å². The highest BCUT2D eigenvalue weighted by molar-refractivity contribution is 6.39. The van der Waals surface area contributed by atoms with E-state index in [4.69, 9.17) is 16.3 Å². The average Bonchev–Trinajstić information content (AvgIpc) is 3.15. The second-order valence-corrected chi connectivity index (χ2v) is 10.3. The number of anilines is 1. The molecular weight excluding hydrogens is 511 g/mol. The Hall–Kier alpha value is -3.34. The Kier molecular flexibility index (Phi) is 7.11. The van der Waals surface area contributed by atoms with Crippen molar-refractivity contribution < 1.29 is 27.5 Å². The molecule has 1 aliphatic rings. The number of nitrogens with one attached hydrogen (secondary N) is 1. The van der Waals surface area contributed by atoms with Crippen LogP contribution >= 0.6 is 11.6 Å². The van der Waals surface area contributed by atoms with Crippen molar-refractivity contribution >= 4 is 40.3 Å². The maximum absolute atomic E-state index is 12.8. The first-order valence-electron chi connectivity index (χ1n) is 11.7. The SMILES string of the molecule is Cc1nn(C2CCN(C(=O)OC(C)(C)C)CC2)c2ncc(C(=O)Nc3ccc(C(F)(F)F)cc3)c(Cl)c12. The number of ether oxygens (including phenoxy) is 1. The third-order valence-electron chi connectivity index (χ3n) is 6.01. The quantitative estimate of drug-likeness (QED) is 0.427. The predicted octanol–water partition coefficient (Wildman–Crippen LogP) is 6.24. The molecule has 3 heterocycles. The van der Waals surface area contributed by atoms with E-state index in [1.807, 2.05) is 20.8 Å². The third kappa shape index (κ3) is 5.82. The molecule has 1 aliphatic heterocycles. The summed E-state index contributed by atoms with van der Waals surface area (Å²) in [6.07, 6.45) is -2.20. The van der Waals surface area contributed by atoms with Gasteiger partial charge in [-0.05, 0) is 64.8 Å². The molecule has 0 atom stereocenters. The van der Waals surface area contributed by atoms with Crippen molar-refractivity contribution in [3.8, 4) is 0 Å². The molecule has 1 saturated heterocycles. The van der Waals surface area contributed by atoms with Crippen LogP contribution in [0.4, 0.5) is 23.7 Å². The number of halogens is 4. The van der Waals surface area contributed by atoms with Crippen LogP contribution in [0.25, 0.3) is 11.0 Å². The molecule has 0 unspecified atom stereocenters. The number of piperidine rings is 1. The van der Waals surface area contributed by atoms with Gasteiger partial charge in [0.15, 0.2) is 5.65 Å². The number of fused-ring (bicyclic) bond motifs is 1. The van der Waals surface area contributed by atoms with E-state index in [0.29, 0.717) is 42.7 Å². The molecule has 3 aromatic rings. The van der Waals surface area contributed by atoms with Gasteiger partial charge in [0.2, 0.25) is 0 Å². The lowest BCUT2D eigenvalue weighted by Gasteiger charge is -2.33. The lowest BCUT2D eigenvalue weighted by molar-refractivity contribution is -0.137. The first-order valence-corrected chi connectivity index (χ1v) is 12.1. The molecule has 8 nitrogen and oxygen atoms in total. The van der Waals surface area contributed by atoms with E-state index in [-0.39, 0.29) is 28.4 Å². The van der Waals surface area contributed by atoms with E-state index < -0.39 is 23.2 Å². The number of amides is 2. The predicted molar refractivity (Wildman–Crippen MR) is 133 cm³/mol. The molecule has 0 bridgehead atoms. The molecule has 0 saturated carbocycles. The lowest BCUT2D eigenvalue weighted by atomic mass is 10.1. The molecule has 2 amide bonds. The molecule has 198 valence electrons. The fourth-order valence-corrected chi connectivity index (χ4v) is 4.56. The summed E-state index contributed by atoms with van der Waals surface area (Å²) in [6, 6.07) is 4.11. The van der Waals surface area contributed by atoms with Gasteiger partial charge in [0.25, 0.3) is 5.91 Å². The van der Waals surface area contributed by atoms with Crippen molar-refractivity contribution in [3.05, 3.63) is 52.3 Å². The lowest BCUT2D eigenvalue weighted by Crippen LogP contribution is -2.42. The summed E-state index contributed by atoms with van der Waals surface area (Å²) in [4.78, 5) is 31.3. The molecule has 4 rings (SSSR count). The normalized spacial score (nSPS) is 15.2. The number of benzene rings is 1. The molecule has 37 heavy (non-hydrogen) atoms. The summed E-state index contributed by atoms with van der Waals surface area (Å²) in [7, 11) is 0. The number of carbonyl (C=O) groups excluding carboxylic acids is 2. The molecule has 0 spiro atoms. The largest absolute Gasteiger partial charge is 0.444 e. The van der Waals surface area contributed by atoms with Crippen molar-refractivity contribution in [2.75, 3.05) is 18.4 Å². The minimum absolute atomic E-state index is 0.0229. The maximum atomic E-state index is 12.8. The molecule has 0 radical (unpaired) electrons. The highest BCUT2D eigenvalue weighted by Crippen LogP contribution is 2.34. The van der Waals surface area contributed by atoms with Crippen molar-refractivity contribution in [3.63, 3.8) is 0 Å². The standard InChI is InChI=1S/C25H27ClF3N5O3/c1-14-19-20(26)18(22(35)31-16-7-5-15(6-8-16)25(27,28)29)13-30-21(19)34(32-14)17-9-11-33(12-10-17)23(36)37-24(2,3)4/h5-8,13,17H,9-12H2,1-4H3,(H,31,35). The van der Waals surface area contributed by atoms with E-state index >= 15 is 0 Å². The third-order valence-corrected chi connectivity index (χ3v) is 6.40. The topological polar surface area (TPSA) is 89.3 Å². The van der Waals surface area contributed by atoms with E-state index in [1.165, 1.54) is 18.3 Å². The van der Waals surface area contributed by atoms with Gasteiger partial charge in [0, 0.05) is 25.0 Å². The minimum Gasteiger partial charge on any atom is -0.444 e. The number of aromatic nitrogens is 3. The van der Waals surface area contributed by atoms with Crippen LogP contribution in [0, 0.1) is 6.92 Å². The first kappa shape index (κ1) is 26.7. The first-order chi connectivity index (χ1) is 17.2. The van der Waals surface area contributed by atoms with Gasteiger partial charge >= 0.3 is 12.3 Å². The highest BCUT2D eigenvalue weighted by atomic mass is 35.5. The van der Waals surface area contributed by atoms with Crippen LogP contribution in [0.2, 0.25) is 5.02 Å². The van der Waals surface area contributed by atoms with Gasteiger partial charge in [0.05, 0.1) is 33.3 Å². The zero-order valence-corrected chi connectivity index (χ0v) is 21.6. The van der Waals surface area contributed by atoms with Crippen molar-refractivity contribution in [1.29, 1.82) is 0 Å². The van der Waals surface area contributed by atoms with Gasteiger partial charge in [-0.1, -0.05) is 11.6 Å². The zero-order valence-electron chi connectivity index (χ0n) is 20.8. The van der Waals surface area contributed by atoms with Crippen LogP contribution in [0.15, 0.2) is 30.5 Å². The Morgan fingerprint density at radius 3 is 2.30 bits per heavy atom. The number of nitrogens with zero attached hydrogens (tertiary/aromatic N) is 4. The Bertz CT molecular complexity index is 1320. The van der Waals surface area contributed by atoms with E-state index in [1.54, 1.807) is 16.5 Å². The second kappa shape index (κ2) is 9.85. The zero-order chi connectivity index (χ0) is 27.1. The minimum atomic E-state index is -4.47. The Balaban J connectivity index is 1.51. The van der Waals surface area contributed by atoms with Crippen molar-refractivity contribution in [1.82, 2.24) is 19.7 Å². The van der Waals surface area contributed by atoms with E-state index in [2.05, 4.69) is 15.4 Å². The van der Waals surface area contributed by atoms with Gasteiger partial charge in [-0.2, -0.15) is 18.3 Å². The van der Waals surface area contributed by atoms with Crippen LogP contribution in [0.3, 0.4) is 0 Å². The van der Waals surface area contributed by atoms with Crippen LogP contribution in [-0.2, 0) is 10.9 Å². The number of aryl methyl sites for hydroxylation is 1. The molecule has 12 heteroatoms. The fraction of sp³-hybridized carbons (Fsp3) is 0.440. The van der Waals surface area contributed by atoms with Crippen molar-refractivity contribution in [2.45, 2.75) is 58.4 Å². The van der Waals surface area contributed by atoms with Gasteiger partial charge < -0.3 is 15.0 Å². The summed E-state index contributed by atoms with van der Waals surface area (Å²) in [5.74, 6) is -0.600. The molecule has 1 aromatic carbocycles. The highest BCUT2D eigenvalue weighted by Gasteiger charge is 2.31. The Morgan fingerprint density at radius 1 is 1.11 bits per heavy atom. The Labute approximate surface area is 216 Å². The second-order valence-electron chi connectivity index (χ2n) is 9.94. The fourth-order valence-electron chi connectivity index (χ4n) is 4.21. The smallest absolute Gasteiger partial charge is 0.416 e. The summed E-state index contributed by atoms with van der Waals surface area (Å²) in [5.41, 5.74) is -0.00244. The molecule has 2 aromatic heterocycles. The summed E-state index contributed by atoms with van der Waals surface area (Å²) in [5, 5.41) is 7.85. The van der Waals surface area contributed by atoms with E-state index in [9.17, 15) is 22.8 Å². The van der Waals surface area contributed by atoms with Crippen LogP contribution in [0.1, 0.15) is 61.3 Å². The monoisotopic (exact) mass is 537 g/mol. The molecule has 0 aliphatic carbocycles. The van der Waals surface area contributed by atoms with Gasteiger partial charge in [-0.25, -0.2) is 14.5 Å². The molecular formula is C25H27ClF3N5O3. The van der Waals surface area contributed by atoms with Crippen LogP contribution in [-0.4, -0.2) is 50.4 Å². The summed E-state index contributed by atoms with van der Waals surface area (Å²) < 4.78 is 45.6. The van der Waals surface area contributed by atoms with Gasteiger partial charge in [0.1, 0.15) is 5.60 Å². The number of pyridine rings is 1. The number of likely N-dealkylation sites (tertiary alicyclic amines) is 1. The van der Waals surface area contributed by atoms with Crippen molar-refractivity contribution in [2.24, 2.45) is 0 Å². The van der Waals surface area contributed by atoms with Gasteiger partial charge in [-0.3, -0.25) is 4.79 Å². The Morgan fingerprint density at radius 2 is 1.73 bits per heavy atom. The summed E-state index contributed by atoms with van der Waals surface area (Å²) in [6.45, 7) is 8.24. The molecule has 1 fully saturated rings. The maximum Gasteiger partial charge on any atom is 0.416 e. The average molecular weight is 538 g/mol. The number of hydrogen-bond acceptors (Lipinski definition) is 5. The number of carbonyl (C=O) groups is 2. The number of alkyl halides is 3. The molecule has 1 N–H and O–H groups in total. The number of rotatable bonds is 3.